The summed E-state index contributed by atoms with van der Waals surface area (Å²) < 4.78 is 0. The molecule has 1 amide bonds. The number of phenols is 1. The van der Waals surface area contributed by atoms with Crippen molar-refractivity contribution in [1.82, 2.24) is 5.32 Å². The summed E-state index contributed by atoms with van der Waals surface area (Å²) in [5, 5.41) is 11.9. The fourth-order valence-corrected chi connectivity index (χ4v) is 1.36. The fraction of sp³-hybridized carbons (Fsp3) is 0.333. The summed E-state index contributed by atoms with van der Waals surface area (Å²) in [5.74, 6) is -0.709. The predicted octanol–water partition coefficient (Wildman–Crippen LogP) is 2.00. The van der Waals surface area contributed by atoms with Crippen LogP contribution in [0.4, 0.5) is 0 Å². The van der Waals surface area contributed by atoms with Crippen molar-refractivity contribution in [3.63, 3.8) is 0 Å². The van der Waals surface area contributed by atoms with Gasteiger partial charge in [0.2, 0.25) is 0 Å². The van der Waals surface area contributed by atoms with Crippen LogP contribution in [0.25, 0.3) is 0 Å². The Labute approximate surface area is 105 Å². The van der Waals surface area contributed by atoms with Crippen LogP contribution in [0.2, 0.25) is 5.02 Å². The van der Waals surface area contributed by atoms with Gasteiger partial charge >= 0.3 is 0 Å². The summed E-state index contributed by atoms with van der Waals surface area (Å²) >= 11 is 5.81. The van der Waals surface area contributed by atoms with Gasteiger partial charge in [0.15, 0.2) is 5.78 Å². The van der Waals surface area contributed by atoms with Crippen LogP contribution >= 0.6 is 11.6 Å². The molecule has 0 aliphatic rings. The van der Waals surface area contributed by atoms with Gasteiger partial charge in [-0.25, -0.2) is 0 Å². The van der Waals surface area contributed by atoms with Gasteiger partial charge in [0.25, 0.3) is 5.91 Å². The van der Waals surface area contributed by atoms with Crippen molar-refractivity contribution in [1.29, 1.82) is 0 Å². The summed E-state index contributed by atoms with van der Waals surface area (Å²) in [7, 11) is 0. The third-order valence-corrected chi connectivity index (χ3v) is 2.59. The third kappa shape index (κ3) is 3.75. The van der Waals surface area contributed by atoms with E-state index in [1.54, 1.807) is 13.8 Å². The molecule has 1 aromatic rings. The minimum atomic E-state index is -0.472. The number of nitrogens with one attached hydrogen (secondary N) is 1. The predicted molar refractivity (Wildman–Crippen MR) is 65.3 cm³/mol. The highest BCUT2D eigenvalue weighted by atomic mass is 35.5. The highest BCUT2D eigenvalue weighted by Gasteiger charge is 2.13. The first-order valence-corrected chi connectivity index (χ1v) is 5.59. The number of hydrogen-bond acceptors (Lipinski definition) is 3. The number of hydrogen-bond donors (Lipinski definition) is 2. The third-order valence-electron chi connectivity index (χ3n) is 2.26. The van der Waals surface area contributed by atoms with Crippen LogP contribution in [0.15, 0.2) is 18.2 Å². The van der Waals surface area contributed by atoms with Crippen molar-refractivity contribution in [2.24, 2.45) is 5.92 Å². The molecule has 92 valence electrons. The lowest BCUT2D eigenvalue weighted by Crippen LogP contribution is -2.31. The fourth-order valence-electron chi connectivity index (χ4n) is 1.15. The Kier molecular flexibility index (Phi) is 4.52. The molecule has 0 saturated carbocycles. The quantitative estimate of drug-likeness (QED) is 0.865. The summed E-state index contributed by atoms with van der Waals surface area (Å²) in [6.45, 7) is 3.48. The van der Waals surface area contributed by atoms with Crippen molar-refractivity contribution in [3.8, 4) is 5.75 Å². The molecule has 17 heavy (non-hydrogen) atoms. The maximum absolute atomic E-state index is 11.7. The Hall–Kier alpha value is -1.55. The van der Waals surface area contributed by atoms with E-state index >= 15 is 0 Å². The number of amides is 1. The Bertz CT molecular complexity index is 443. The van der Waals surface area contributed by atoms with Crippen LogP contribution in [0.1, 0.15) is 24.2 Å². The van der Waals surface area contributed by atoms with E-state index in [1.807, 2.05) is 0 Å². The molecule has 0 fully saturated rings. The summed E-state index contributed by atoms with van der Waals surface area (Å²) in [6, 6.07) is 4.08. The zero-order valence-corrected chi connectivity index (χ0v) is 10.4. The van der Waals surface area contributed by atoms with Crippen molar-refractivity contribution < 1.29 is 14.7 Å². The van der Waals surface area contributed by atoms with Gasteiger partial charge in [0, 0.05) is 5.92 Å². The largest absolute Gasteiger partial charge is 0.508 e. The average molecular weight is 256 g/mol. The van der Waals surface area contributed by atoms with Crippen LogP contribution in [0, 0.1) is 5.92 Å². The molecule has 5 heteroatoms. The summed E-state index contributed by atoms with van der Waals surface area (Å²) in [5.41, 5.74) is 0.156. The molecule has 0 heterocycles. The zero-order chi connectivity index (χ0) is 13.0. The normalized spacial score (nSPS) is 10.4. The van der Waals surface area contributed by atoms with E-state index in [2.05, 4.69) is 5.32 Å². The SMILES string of the molecule is CC(C)C(=O)CNC(=O)c1cc(O)ccc1Cl. The molecule has 2 N–H and O–H groups in total. The molecule has 4 nitrogen and oxygen atoms in total. The second-order valence-electron chi connectivity index (χ2n) is 3.97. The van der Waals surface area contributed by atoms with Gasteiger partial charge in [-0.05, 0) is 18.2 Å². The second-order valence-corrected chi connectivity index (χ2v) is 4.38. The van der Waals surface area contributed by atoms with E-state index < -0.39 is 5.91 Å². The number of phenolic OH excluding ortho intramolecular Hbond substituents is 1. The molecule has 0 aliphatic carbocycles. The number of carbonyl (C=O) groups is 2. The first-order chi connectivity index (χ1) is 7.91. The van der Waals surface area contributed by atoms with Crippen LogP contribution in [0.5, 0.6) is 5.75 Å². The standard InChI is InChI=1S/C12H14ClNO3/c1-7(2)11(16)6-14-12(17)9-5-8(15)3-4-10(9)13/h3-5,7,15H,6H2,1-2H3,(H,14,17). The van der Waals surface area contributed by atoms with Gasteiger partial charge in [-0.3, -0.25) is 9.59 Å². The highest BCUT2D eigenvalue weighted by molar-refractivity contribution is 6.33. The second kappa shape index (κ2) is 5.68. The van der Waals surface area contributed by atoms with Crippen molar-refractivity contribution in [2.45, 2.75) is 13.8 Å². The Balaban J connectivity index is 2.70. The molecule has 0 radical (unpaired) electrons. The molecule has 0 unspecified atom stereocenters. The molecule has 0 atom stereocenters. The van der Waals surface area contributed by atoms with E-state index in [0.717, 1.165) is 0 Å². The van der Waals surface area contributed by atoms with E-state index in [9.17, 15) is 14.7 Å². The highest BCUT2D eigenvalue weighted by Crippen LogP contribution is 2.20. The Morgan fingerprint density at radius 3 is 2.65 bits per heavy atom. The lowest BCUT2D eigenvalue weighted by molar-refractivity contribution is -0.120. The smallest absolute Gasteiger partial charge is 0.253 e. The molecule has 0 saturated heterocycles. The number of ketones is 1. The van der Waals surface area contributed by atoms with E-state index in [0.29, 0.717) is 0 Å². The molecular formula is C12H14ClNO3. The Morgan fingerprint density at radius 1 is 1.41 bits per heavy atom. The lowest BCUT2D eigenvalue weighted by Gasteiger charge is -2.08. The number of aromatic hydroxyl groups is 1. The molecule has 0 aromatic heterocycles. The van der Waals surface area contributed by atoms with Crippen molar-refractivity contribution in [2.75, 3.05) is 6.54 Å². The maximum Gasteiger partial charge on any atom is 0.253 e. The monoisotopic (exact) mass is 255 g/mol. The molecule has 1 rings (SSSR count). The van der Waals surface area contributed by atoms with Crippen LogP contribution in [-0.4, -0.2) is 23.3 Å². The first kappa shape index (κ1) is 13.5. The van der Waals surface area contributed by atoms with Gasteiger partial charge in [0.1, 0.15) is 5.75 Å². The van der Waals surface area contributed by atoms with E-state index in [4.69, 9.17) is 11.6 Å². The van der Waals surface area contributed by atoms with Gasteiger partial charge in [-0.1, -0.05) is 25.4 Å². The molecule has 1 aromatic carbocycles. The van der Waals surface area contributed by atoms with Crippen LogP contribution in [0.3, 0.4) is 0 Å². The summed E-state index contributed by atoms with van der Waals surface area (Å²) in [6.07, 6.45) is 0. The van der Waals surface area contributed by atoms with Gasteiger partial charge in [0.05, 0.1) is 17.1 Å². The summed E-state index contributed by atoms with van der Waals surface area (Å²) in [4.78, 5) is 23.0. The first-order valence-electron chi connectivity index (χ1n) is 5.21. The van der Waals surface area contributed by atoms with Crippen molar-refractivity contribution in [3.05, 3.63) is 28.8 Å². The number of rotatable bonds is 4. The van der Waals surface area contributed by atoms with E-state index in [-0.39, 0.29) is 34.6 Å². The molecule has 0 bridgehead atoms. The zero-order valence-electron chi connectivity index (χ0n) is 9.66. The topological polar surface area (TPSA) is 66.4 Å². The minimum Gasteiger partial charge on any atom is -0.508 e. The molecule has 0 spiro atoms. The molecule has 0 aliphatic heterocycles. The number of Topliss-reactive ketones (excluding diaryl/α,β-unsaturated/α-hetero) is 1. The van der Waals surface area contributed by atoms with Gasteiger partial charge in [-0.2, -0.15) is 0 Å². The molecular weight excluding hydrogens is 242 g/mol. The number of halogens is 1. The lowest BCUT2D eigenvalue weighted by atomic mass is 10.1. The van der Waals surface area contributed by atoms with E-state index in [1.165, 1.54) is 18.2 Å². The minimum absolute atomic E-state index is 0.0392. The average Bonchev–Trinajstić information content (AvgIpc) is 2.28. The Morgan fingerprint density at radius 2 is 2.06 bits per heavy atom. The van der Waals surface area contributed by atoms with Crippen molar-refractivity contribution >= 4 is 23.3 Å². The van der Waals surface area contributed by atoms with Gasteiger partial charge < -0.3 is 10.4 Å². The maximum atomic E-state index is 11.7. The number of carbonyl (C=O) groups excluding carboxylic acids is 2. The van der Waals surface area contributed by atoms with Gasteiger partial charge in [-0.15, -0.1) is 0 Å². The van der Waals surface area contributed by atoms with Crippen LogP contribution < -0.4 is 5.32 Å². The number of benzene rings is 1. The van der Waals surface area contributed by atoms with Crippen LogP contribution in [-0.2, 0) is 4.79 Å².